The number of hydrogen-bond donors (Lipinski definition) is 0. The van der Waals surface area contributed by atoms with E-state index in [0.717, 1.165) is 18.6 Å². The largest absolute Gasteiger partial charge is 0.498 e. The first-order valence-corrected chi connectivity index (χ1v) is 10.4. The smallest absolute Gasteiger partial charge is 0.201 e. The molecule has 0 saturated heterocycles. The average Bonchev–Trinajstić information content (AvgIpc) is 2.75. The van der Waals surface area contributed by atoms with Crippen LogP contribution in [-0.2, 0) is 17.6 Å². The first kappa shape index (κ1) is 20.8. The Morgan fingerprint density at radius 3 is 2.20 bits per heavy atom. The van der Waals surface area contributed by atoms with Gasteiger partial charge in [0.2, 0.25) is 5.82 Å². The van der Waals surface area contributed by atoms with Gasteiger partial charge in [0.05, 0.1) is 19.0 Å². The maximum Gasteiger partial charge on any atom is 0.201 e. The van der Waals surface area contributed by atoms with Crippen LogP contribution in [0.5, 0.6) is 5.75 Å². The SMILES string of the molecule is CCCC1=CCC(c2cc3c(c(F)c2F)-c2c(cc(OCC)c(F)c2F)CC3)CO1. The van der Waals surface area contributed by atoms with E-state index in [-0.39, 0.29) is 41.6 Å². The maximum absolute atomic E-state index is 15.2. The molecule has 0 spiro atoms. The molecule has 1 atom stereocenters. The van der Waals surface area contributed by atoms with Crippen molar-refractivity contribution in [3.8, 4) is 16.9 Å². The molecule has 0 N–H and O–H groups in total. The summed E-state index contributed by atoms with van der Waals surface area (Å²) in [6.07, 6.45) is 5.05. The van der Waals surface area contributed by atoms with E-state index in [1.165, 1.54) is 6.07 Å². The van der Waals surface area contributed by atoms with Crippen LogP contribution < -0.4 is 4.74 Å². The van der Waals surface area contributed by atoms with Crippen molar-refractivity contribution >= 4 is 0 Å². The number of aryl methyl sites for hydroxylation is 2. The van der Waals surface area contributed by atoms with E-state index in [1.54, 1.807) is 13.0 Å². The zero-order valence-electron chi connectivity index (χ0n) is 17.1. The number of hydrogen-bond acceptors (Lipinski definition) is 2. The lowest BCUT2D eigenvalue weighted by Gasteiger charge is -2.27. The molecule has 0 bridgehead atoms. The lowest BCUT2D eigenvalue weighted by atomic mass is 9.81. The van der Waals surface area contributed by atoms with Crippen LogP contribution in [-0.4, -0.2) is 13.2 Å². The molecule has 6 heteroatoms. The minimum Gasteiger partial charge on any atom is -0.498 e. The van der Waals surface area contributed by atoms with E-state index in [2.05, 4.69) is 0 Å². The van der Waals surface area contributed by atoms with Gasteiger partial charge in [-0.3, -0.25) is 0 Å². The Balaban J connectivity index is 1.77. The summed E-state index contributed by atoms with van der Waals surface area (Å²) >= 11 is 0. The second-order valence-electron chi connectivity index (χ2n) is 7.76. The monoisotopic (exact) mass is 420 g/mol. The first-order chi connectivity index (χ1) is 14.5. The van der Waals surface area contributed by atoms with Gasteiger partial charge in [0, 0.05) is 23.5 Å². The number of ether oxygens (including phenoxy) is 2. The quantitative estimate of drug-likeness (QED) is 0.508. The zero-order chi connectivity index (χ0) is 21.4. The molecular weight excluding hydrogens is 396 g/mol. The van der Waals surface area contributed by atoms with Gasteiger partial charge < -0.3 is 9.47 Å². The van der Waals surface area contributed by atoms with E-state index in [0.29, 0.717) is 30.4 Å². The molecule has 0 fully saturated rings. The van der Waals surface area contributed by atoms with Crippen molar-refractivity contribution in [1.82, 2.24) is 0 Å². The Kier molecular flexibility index (Phi) is 5.76. The maximum atomic E-state index is 15.2. The lowest BCUT2D eigenvalue weighted by Crippen LogP contribution is -2.17. The summed E-state index contributed by atoms with van der Waals surface area (Å²) in [5, 5.41) is 0. The predicted molar refractivity (Wildman–Crippen MR) is 107 cm³/mol. The molecule has 1 aliphatic carbocycles. The topological polar surface area (TPSA) is 18.5 Å². The van der Waals surface area contributed by atoms with Crippen molar-refractivity contribution < 1.29 is 27.0 Å². The Morgan fingerprint density at radius 2 is 1.60 bits per heavy atom. The number of halogens is 4. The van der Waals surface area contributed by atoms with E-state index in [9.17, 15) is 8.78 Å². The van der Waals surface area contributed by atoms with Crippen molar-refractivity contribution in [3.63, 3.8) is 0 Å². The zero-order valence-corrected chi connectivity index (χ0v) is 17.1. The van der Waals surface area contributed by atoms with Gasteiger partial charge in [-0.2, -0.15) is 4.39 Å². The molecule has 160 valence electrons. The highest BCUT2D eigenvalue weighted by Crippen LogP contribution is 2.43. The Morgan fingerprint density at radius 1 is 0.933 bits per heavy atom. The van der Waals surface area contributed by atoms with Gasteiger partial charge in [0.25, 0.3) is 0 Å². The minimum absolute atomic E-state index is 0.177. The van der Waals surface area contributed by atoms with E-state index < -0.39 is 23.3 Å². The summed E-state index contributed by atoms with van der Waals surface area (Å²) < 4.78 is 70.4. The summed E-state index contributed by atoms with van der Waals surface area (Å²) in [4.78, 5) is 0. The van der Waals surface area contributed by atoms with Gasteiger partial charge in [-0.25, -0.2) is 13.2 Å². The van der Waals surface area contributed by atoms with E-state index in [4.69, 9.17) is 9.47 Å². The van der Waals surface area contributed by atoms with E-state index in [1.807, 2.05) is 13.0 Å². The van der Waals surface area contributed by atoms with Crippen molar-refractivity contribution in [3.05, 3.63) is 63.9 Å². The third-order valence-electron chi connectivity index (χ3n) is 5.82. The van der Waals surface area contributed by atoms with Crippen molar-refractivity contribution in [2.24, 2.45) is 0 Å². The van der Waals surface area contributed by atoms with Crippen LogP contribution in [0.2, 0.25) is 0 Å². The summed E-state index contributed by atoms with van der Waals surface area (Å²) in [6, 6.07) is 2.98. The fourth-order valence-corrected chi connectivity index (χ4v) is 4.36. The normalized spacial score (nSPS) is 17.7. The van der Waals surface area contributed by atoms with Crippen molar-refractivity contribution in [1.29, 1.82) is 0 Å². The van der Waals surface area contributed by atoms with Crippen LogP contribution in [0.15, 0.2) is 24.0 Å². The Hall–Kier alpha value is -2.50. The van der Waals surface area contributed by atoms with Gasteiger partial charge in [0.15, 0.2) is 23.2 Å². The second-order valence-corrected chi connectivity index (χ2v) is 7.76. The Bertz CT molecular complexity index is 1010. The molecule has 0 amide bonds. The van der Waals surface area contributed by atoms with Crippen LogP contribution in [0.1, 0.15) is 55.7 Å². The van der Waals surface area contributed by atoms with Crippen LogP contribution in [0.4, 0.5) is 17.6 Å². The van der Waals surface area contributed by atoms with Crippen LogP contribution in [0.25, 0.3) is 11.1 Å². The summed E-state index contributed by atoms with van der Waals surface area (Å²) in [5.74, 6) is -4.16. The average molecular weight is 420 g/mol. The molecule has 2 aromatic rings. The van der Waals surface area contributed by atoms with Gasteiger partial charge in [-0.05, 0) is 61.4 Å². The molecule has 2 aromatic carbocycles. The highest BCUT2D eigenvalue weighted by atomic mass is 19.2. The molecule has 1 unspecified atom stereocenters. The number of benzene rings is 2. The molecule has 1 heterocycles. The molecule has 4 rings (SSSR count). The third-order valence-corrected chi connectivity index (χ3v) is 5.82. The standard InChI is InChI=1S/C24H24F4O2/c1-3-5-16-9-8-15(12-30-16)17-10-13-6-7-14-11-18(29-4-2)22(26)24(28)20(14)19(13)23(27)21(17)25/h9-11,15H,3-8,12H2,1-2H3. The van der Waals surface area contributed by atoms with Crippen LogP contribution in [0.3, 0.4) is 0 Å². The molecular formula is C24H24F4O2. The molecule has 2 aliphatic rings. The van der Waals surface area contributed by atoms with E-state index >= 15 is 8.78 Å². The lowest BCUT2D eigenvalue weighted by molar-refractivity contribution is 0.164. The second kappa shape index (κ2) is 8.32. The number of fused-ring (bicyclic) bond motifs is 3. The minimum atomic E-state index is -1.20. The summed E-state index contributed by atoms with van der Waals surface area (Å²) in [5.41, 5.74) is 0.751. The predicted octanol–water partition coefficient (Wildman–Crippen LogP) is 6.60. The van der Waals surface area contributed by atoms with Crippen LogP contribution >= 0.6 is 0 Å². The summed E-state index contributed by atoms with van der Waals surface area (Å²) in [6.45, 7) is 4.16. The van der Waals surface area contributed by atoms with Gasteiger partial charge >= 0.3 is 0 Å². The Labute approximate surface area is 173 Å². The molecule has 0 radical (unpaired) electrons. The summed E-state index contributed by atoms with van der Waals surface area (Å²) in [7, 11) is 0. The highest BCUT2D eigenvalue weighted by Gasteiger charge is 2.32. The first-order valence-electron chi connectivity index (χ1n) is 10.4. The van der Waals surface area contributed by atoms with Gasteiger partial charge in [-0.15, -0.1) is 0 Å². The molecule has 1 aliphatic heterocycles. The van der Waals surface area contributed by atoms with Gasteiger partial charge in [0.1, 0.15) is 0 Å². The third kappa shape index (κ3) is 3.46. The fraction of sp³-hybridized carbons (Fsp3) is 0.417. The highest BCUT2D eigenvalue weighted by molar-refractivity contribution is 5.76. The van der Waals surface area contributed by atoms with Crippen LogP contribution in [0, 0.1) is 23.3 Å². The molecule has 2 nitrogen and oxygen atoms in total. The number of allylic oxidation sites excluding steroid dienone is 2. The number of rotatable bonds is 5. The molecule has 0 saturated carbocycles. The van der Waals surface area contributed by atoms with Crippen molar-refractivity contribution in [2.75, 3.05) is 13.2 Å². The molecule has 30 heavy (non-hydrogen) atoms. The fourth-order valence-electron chi connectivity index (χ4n) is 4.36. The molecule has 0 aromatic heterocycles. The van der Waals surface area contributed by atoms with Crippen molar-refractivity contribution in [2.45, 2.75) is 51.9 Å². The van der Waals surface area contributed by atoms with Gasteiger partial charge in [-0.1, -0.05) is 13.0 Å².